The third-order valence-electron chi connectivity index (χ3n) is 6.42. The van der Waals surface area contributed by atoms with Crippen molar-refractivity contribution in [2.45, 2.75) is 66.6 Å². The van der Waals surface area contributed by atoms with Crippen LogP contribution in [0.1, 0.15) is 80.1 Å². The summed E-state index contributed by atoms with van der Waals surface area (Å²) < 4.78 is 40.9. The number of alkyl halides is 3. The lowest BCUT2D eigenvalue weighted by Gasteiger charge is -2.33. The van der Waals surface area contributed by atoms with Crippen LogP contribution < -0.4 is 5.32 Å². The monoisotopic (exact) mass is 557 g/mol. The number of aryl methyl sites for hydroxylation is 2. The van der Waals surface area contributed by atoms with Gasteiger partial charge >= 0.3 is 6.18 Å². The molecule has 8 heteroatoms. The van der Waals surface area contributed by atoms with Gasteiger partial charge in [0.1, 0.15) is 0 Å². The second-order valence-corrected chi connectivity index (χ2v) is 8.81. The molecule has 0 spiro atoms. The average Bonchev–Trinajstić information content (AvgIpc) is 3.22. The SMILES string of the molecule is C/C=C\c1c(C(C(C(=O)Nc2ccc(C(F)(F)F)cc2)c2ccccc2C)N(C)C=O)cn(C)c1C.CC.CC. The molecule has 2 amide bonds. The maximum absolute atomic E-state index is 13.8. The lowest BCUT2D eigenvalue weighted by atomic mass is 9.82. The molecule has 0 radical (unpaired) electrons. The van der Waals surface area contributed by atoms with Crippen molar-refractivity contribution in [1.29, 1.82) is 0 Å². The van der Waals surface area contributed by atoms with E-state index in [9.17, 15) is 22.8 Å². The molecule has 218 valence electrons. The van der Waals surface area contributed by atoms with Gasteiger partial charge in [0.15, 0.2) is 0 Å². The van der Waals surface area contributed by atoms with Crippen molar-refractivity contribution >= 4 is 24.1 Å². The molecule has 2 aromatic carbocycles. The highest BCUT2D eigenvalue weighted by Gasteiger charge is 2.37. The minimum atomic E-state index is -4.47. The number of nitrogens with one attached hydrogen (secondary N) is 1. The molecular formula is C32H42F3N3O2. The Kier molecular flexibility index (Phi) is 13.4. The van der Waals surface area contributed by atoms with Crippen molar-refractivity contribution in [3.63, 3.8) is 0 Å². The molecular weight excluding hydrogens is 515 g/mol. The number of hydrogen-bond acceptors (Lipinski definition) is 2. The molecule has 0 aliphatic carbocycles. The molecule has 0 aliphatic heterocycles. The van der Waals surface area contributed by atoms with Gasteiger partial charge in [-0.05, 0) is 56.2 Å². The third kappa shape index (κ3) is 8.10. The van der Waals surface area contributed by atoms with Gasteiger partial charge in [-0.3, -0.25) is 9.59 Å². The number of aromatic nitrogens is 1. The zero-order valence-electron chi connectivity index (χ0n) is 24.9. The largest absolute Gasteiger partial charge is 0.416 e. The van der Waals surface area contributed by atoms with Gasteiger partial charge in [0, 0.05) is 42.8 Å². The van der Waals surface area contributed by atoms with E-state index in [1.807, 2.05) is 103 Å². The maximum atomic E-state index is 13.8. The van der Waals surface area contributed by atoms with Crippen LogP contribution in [-0.2, 0) is 22.8 Å². The van der Waals surface area contributed by atoms with Crippen molar-refractivity contribution in [2.24, 2.45) is 7.05 Å². The summed E-state index contributed by atoms with van der Waals surface area (Å²) in [7, 11) is 3.52. The Balaban J connectivity index is 0.00000191. The zero-order chi connectivity index (χ0) is 30.6. The number of amides is 2. The number of carbonyl (C=O) groups excluding carboxylic acids is 2. The minimum Gasteiger partial charge on any atom is -0.354 e. The first-order chi connectivity index (χ1) is 19.0. The number of anilines is 1. The summed E-state index contributed by atoms with van der Waals surface area (Å²) in [6.07, 6.45) is 1.96. The summed E-state index contributed by atoms with van der Waals surface area (Å²) in [5.74, 6) is -1.27. The summed E-state index contributed by atoms with van der Waals surface area (Å²) in [4.78, 5) is 27.4. The second kappa shape index (κ2) is 15.7. The maximum Gasteiger partial charge on any atom is 0.416 e. The molecule has 2 unspecified atom stereocenters. The third-order valence-corrected chi connectivity index (χ3v) is 6.42. The van der Waals surface area contributed by atoms with Gasteiger partial charge in [-0.25, -0.2) is 0 Å². The lowest BCUT2D eigenvalue weighted by molar-refractivity contribution is -0.137. The Bertz CT molecular complexity index is 1260. The van der Waals surface area contributed by atoms with Crippen LogP contribution >= 0.6 is 0 Å². The fourth-order valence-electron chi connectivity index (χ4n) is 4.45. The van der Waals surface area contributed by atoms with Gasteiger partial charge in [-0.15, -0.1) is 0 Å². The van der Waals surface area contributed by atoms with Crippen LogP contribution in [0.5, 0.6) is 0 Å². The van der Waals surface area contributed by atoms with Crippen molar-refractivity contribution in [2.75, 3.05) is 12.4 Å². The molecule has 40 heavy (non-hydrogen) atoms. The first-order valence-electron chi connectivity index (χ1n) is 13.5. The van der Waals surface area contributed by atoms with Crippen LogP contribution in [0.2, 0.25) is 0 Å². The molecule has 1 heterocycles. The highest BCUT2D eigenvalue weighted by Crippen LogP contribution is 2.40. The number of likely N-dealkylation sites (N-methyl/N-ethyl adjacent to an activating group) is 1. The van der Waals surface area contributed by atoms with E-state index in [0.29, 0.717) is 12.0 Å². The van der Waals surface area contributed by atoms with Gasteiger partial charge in [-0.2, -0.15) is 13.2 Å². The van der Waals surface area contributed by atoms with Crippen molar-refractivity contribution in [3.05, 3.63) is 94.3 Å². The normalized spacial score (nSPS) is 12.4. The van der Waals surface area contributed by atoms with E-state index >= 15 is 0 Å². The van der Waals surface area contributed by atoms with E-state index in [4.69, 9.17) is 0 Å². The summed E-state index contributed by atoms with van der Waals surface area (Å²) in [6, 6.07) is 11.0. The molecule has 0 saturated carbocycles. The van der Waals surface area contributed by atoms with E-state index in [-0.39, 0.29) is 5.69 Å². The number of rotatable bonds is 8. The predicted molar refractivity (Wildman–Crippen MR) is 158 cm³/mol. The average molecular weight is 558 g/mol. The first-order valence-corrected chi connectivity index (χ1v) is 13.5. The summed E-state index contributed by atoms with van der Waals surface area (Å²) >= 11 is 0. The van der Waals surface area contributed by atoms with E-state index < -0.39 is 29.6 Å². The molecule has 0 fully saturated rings. The second-order valence-electron chi connectivity index (χ2n) is 8.81. The predicted octanol–water partition coefficient (Wildman–Crippen LogP) is 8.30. The summed E-state index contributed by atoms with van der Waals surface area (Å²) in [6.45, 7) is 13.7. The molecule has 1 aromatic heterocycles. The van der Waals surface area contributed by atoms with Crippen LogP contribution in [-0.4, -0.2) is 28.8 Å². The number of nitrogens with zero attached hydrogens (tertiary/aromatic N) is 2. The van der Waals surface area contributed by atoms with Crippen LogP contribution in [0, 0.1) is 13.8 Å². The Morgan fingerprint density at radius 2 is 1.55 bits per heavy atom. The van der Waals surface area contributed by atoms with E-state index in [1.165, 1.54) is 17.0 Å². The lowest BCUT2D eigenvalue weighted by Crippen LogP contribution is -2.36. The van der Waals surface area contributed by atoms with E-state index in [0.717, 1.165) is 34.5 Å². The molecule has 0 bridgehead atoms. The molecule has 3 aromatic rings. The molecule has 1 N–H and O–H groups in total. The van der Waals surface area contributed by atoms with E-state index in [1.54, 1.807) is 7.05 Å². The van der Waals surface area contributed by atoms with Crippen LogP contribution in [0.15, 0.2) is 60.8 Å². The topological polar surface area (TPSA) is 54.3 Å². The smallest absolute Gasteiger partial charge is 0.354 e. The number of benzene rings is 2. The van der Waals surface area contributed by atoms with Gasteiger partial charge in [0.05, 0.1) is 17.5 Å². The zero-order valence-corrected chi connectivity index (χ0v) is 24.9. The number of hydrogen-bond donors (Lipinski definition) is 1. The molecule has 5 nitrogen and oxygen atoms in total. The quantitative estimate of drug-likeness (QED) is 0.283. The Labute approximate surface area is 236 Å². The van der Waals surface area contributed by atoms with Gasteiger partial charge in [-0.1, -0.05) is 64.1 Å². The molecule has 3 rings (SSSR count). The molecule has 2 atom stereocenters. The van der Waals surface area contributed by atoms with Crippen LogP contribution in [0.4, 0.5) is 18.9 Å². The number of allylic oxidation sites excluding steroid dienone is 1. The van der Waals surface area contributed by atoms with Crippen LogP contribution in [0.3, 0.4) is 0 Å². The van der Waals surface area contributed by atoms with Gasteiger partial charge in [0.2, 0.25) is 12.3 Å². The fraction of sp³-hybridized carbons (Fsp3) is 0.375. The minimum absolute atomic E-state index is 0.233. The molecule has 0 aliphatic rings. The number of halogens is 3. The van der Waals surface area contributed by atoms with Crippen molar-refractivity contribution < 1.29 is 22.8 Å². The first kappa shape index (κ1) is 34.2. The standard InChI is InChI=1S/C28H30F3N3O2.2C2H6/c1-6-9-23-19(3)33(4)16-24(23)26(34(5)17-35)25(22-11-8-7-10-18(22)2)27(36)32-21-14-12-20(13-15-21)28(29,30)31;2*1-2/h6-17,25-26H,1-5H3,(H,32,36);2*1-2H3/b9-6-;;. The van der Waals surface area contributed by atoms with Gasteiger partial charge < -0.3 is 14.8 Å². The van der Waals surface area contributed by atoms with Gasteiger partial charge in [0.25, 0.3) is 0 Å². The molecule has 0 saturated heterocycles. The Hall–Kier alpha value is -3.81. The van der Waals surface area contributed by atoms with Crippen LogP contribution in [0.25, 0.3) is 6.08 Å². The summed E-state index contributed by atoms with van der Waals surface area (Å²) in [5, 5.41) is 2.77. The highest BCUT2D eigenvalue weighted by atomic mass is 19.4. The highest BCUT2D eigenvalue weighted by molar-refractivity contribution is 5.97. The Morgan fingerprint density at radius 3 is 2.05 bits per heavy atom. The van der Waals surface area contributed by atoms with E-state index in [2.05, 4.69) is 5.32 Å². The Morgan fingerprint density at radius 1 is 0.975 bits per heavy atom. The number of carbonyl (C=O) groups is 2. The van der Waals surface area contributed by atoms with Crippen molar-refractivity contribution in [3.8, 4) is 0 Å². The summed E-state index contributed by atoms with van der Waals surface area (Å²) in [5.41, 5.74) is 3.67. The fourth-order valence-corrected chi connectivity index (χ4v) is 4.45. The van der Waals surface area contributed by atoms with Crippen molar-refractivity contribution in [1.82, 2.24) is 9.47 Å².